The smallest absolute Gasteiger partial charge is 0.410 e. The van der Waals surface area contributed by atoms with Gasteiger partial charge in [-0.3, -0.25) is 9.79 Å². The third kappa shape index (κ3) is 8.93. The van der Waals surface area contributed by atoms with E-state index in [0.29, 0.717) is 32.0 Å². The van der Waals surface area contributed by atoms with Crippen molar-refractivity contribution in [2.75, 3.05) is 38.2 Å². The zero-order valence-corrected chi connectivity index (χ0v) is 20.5. The van der Waals surface area contributed by atoms with Crippen LogP contribution in [-0.4, -0.2) is 87.2 Å². The summed E-state index contributed by atoms with van der Waals surface area (Å²) >= 11 is 0. The standard InChI is InChI=1S/C17H31N5O5S.HI/c1-17(2,3)27-16(24)22-9-13(10-22)21-15(18-4)19-7-5-14(23)20-12-6-8-28(25,26)11-12;/h12-13H,5-11H2,1-4H3,(H,20,23)(H2,18,19,21);1H. The van der Waals surface area contributed by atoms with Crippen LogP contribution in [0.15, 0.2) is 4.99 Å². The summed E-state index contributed by atoms with van der Waals surface area (Å²) < 4.78 is 28.1. The monoisotopic (exact) mass is 545 g/mol. The molecule has 0 aromatic rings. The van der Waals surface area contributed by atoms with E-state index in [1.807, 2.05) is 20.8 Å². The summed E-state index contributed by atoms with van der Waals surface area (Å²) in [5.41, 5.74) is -0.517. The van der Waals surface area contributed by atoms with Crippen LogP contribution in [0, 0.1) is 0 Å². The average molecular weight is 545 g/mol. The van der Waals surface area contributed by atoms with Crippen LogP contribution in [0.3, 0.4) is 0 Å². The van der Waals surface area contributed by atoms with Gasteiger partial charge in [0.05, 0.1) is 17.5 Å². The number of likely N-dealkylation sites (tertiary alicyclic amines) is 1. The maximum atomic E-state index is 11.9. The summed E-state index contributed by atoms with van der Waals surface area (Å²) in [4.78, 5) is 29.6. The van der Waals surface area contributed by atoms with Crippen molar-refractivity contribution in [1.29, 1.82) is 0 Å². The van der Waals surface area contributed by atoms with E-state index >= 15 is 0 Å². The Balaban J connectivity index is 0.00000420. The predicted octanol–water partition coefficient (Wildman–Crippen LogP) is 0.0821. The Kier molecular flexibility index (Phi) is 9.44. The van der Waals surface area contributed by atoms with Gasteiger partial charge in [0.15, 0.2) is 15.8 Å². The summed E-state index contributed by atoms with van der Waals surface area (Å²) in [6.07, 6.45) is 0.353. The van der Waals surface area contributed by atoms with Gasteiger partial charge in [0.1, 0.15) is 5.60 Å². The van der Waals surface area contributed by atoms with Crippen molar-refractivity contribution in [2.45, 2.75) is 51.3 Å². The van der Waals surface area contributed by atoms with Crippen molar-refractivity contribution in [3.05, 3.63) is 0 Å². The Labute approximate surface area is 189 Å². The van der Waals surface area contributed by atoms with Crippen LogP contribution in [0.2, 0.25) is 0 Å². The molecule has 12 heteroatoms. The fourth-order valence-electron chi connectivity index (χ4n) is 2.94. The zero-order chi connectivity index (χ0) is 20.9. The molecule has 168 valence electrons. The van der Waals surface area contributed by atoms with Crippen LogP contribution in [-0.2, 0) is 19.4 Å². The molecule has 0 radical (unpaired) electrons. The first-order valence-electron chi connectivity index (χ1n) is 9.42. The molecule has 2 rings (SSSR count). The second-order valence-electron chi connectivity index (χ2n) is 8.14. The highest BCUT2D eigenvalue weighted by Crippen LogP contribution is 2.15. The molecule has 2 saturated heterocycles. The van der Waals surface area contributed by atoms with Crippen molar-refractivity contribution in [1.82, 2.24) is 20.9 Å². The Morgan fingerprint density at radius 2 is 1.83 bits per heavy atom. The number of sulfone groups is 1. The van der Waals surface area contributed by atoms with Gasteiger partial charge in [-0.05, 0) is 27.2 Å². The van der Waals surface area contributed by atoms with Crippen molar-refractivity contribution in [3.63, 3.8) is 0 Å². The Morgan fingerprint density at radius 1 is 1.17 bits per heavy atom. The summed E-state index contributed by atoms with van der Waals surface area (Å²) in [5, 5.41) is 8.98. The molecule has 2 heterocycles. The number of guanidine groups is 1. The highest BCUT2D eigenvalue weighted by Gasteiger charge is 2.34. The molecule has 29 heavy (non-hydrogen) atoms. The van der Waals surface area contributed by atoms with Gasteiger partial charge < -0.3 is 25.6 Å². The molecule has 0 aromatic carbocycles. The van der Waals surface area contributed by atoms with E-state index in [1.54, 1.807) is 11.9 Å². The van der Waals surface area contributed by atoms with Crippen molar-refractivity contribution >= 4 is 51.8 Å². The number of aliphatic imine (C=N–C) groups is 1. The van der Waals surface area contributed by atoms with Gasteiger partial charge in [-0.25, -0.2) is 13.2 Å². The first-order valence-corrected chi connectivity index (χ1v) is 11.2. The van der Waals surface area contributed by atoms with Crippen LogP contribution in [0.5, 0.6) is 0 Å². The van der Waals surface area contributed by atoms with Crippen molar-refractivity contribution < 1.29 is 22.7 Å². The number of ether oxygens (including phenoxy) is 1. The van der Waals surface area contributed by atoms with Crippen LogP contribution in [0.25, 0.3) is 0 Å². The number of amides is 2. The van der Waals surface area contributed by atoms with E-state index in [9.17, 15) is 18.0 Å². The van der Waals surface area contributed by atoms with Gasteiger partial charge in [-0.2, -0.15) is 0 Å². The van der Waals surface area contributed by atoms with Gasteiger partial charge in [0, 0.05) is 39.1 Å². The highest BCUT2D eigenvalue weighted by atomic mass is 127. The summed E-state index contributed by atoms with van der Waals surface area (Å²) in [6.45, 7) is 6.89. The third-order valence-electron chi connectivity index (χ3n) is 4.34. The van der Waals surface area contributed by atoms with Crippen LogP contribution in [0.4, 0.5) is 4.79 Å². The van der Waals surface area contributed by atoms with Crippen molar-refractivity contribution in [2.24, 2.45) is 4.99 Å². The van der Waals surface area contributed by atoms with Gasteiger partial charge in [-0.15, -0.1) is 24.0 Å². The summed E-state index contributed by atoms with van der Waals surface area (Å²) in [7, 11) is -1.38. The van der Waals surface area contributed by atoms with Crippen molar-refractivity contribution in [3.8, 4) is 0 Å². The molecule has 1 atom stereocenters. The minimum Gasteiger partial charge on any atom is -0.444 e. The van der Waals surface area contributed by atoms with Gasteiger partial charge in [-0.1, -0.05) is 0 Å². The SMILES string of the molecule is CN=C(NCCC(=O)NC1CCS(=O)(=O)C1)NC1CN(C(=O)OC(C)(C)C)C1.I. The van der Waals surface area contributed by atoms with Crippen LogP contribution < -0.4 is 16.0 Å². The summed E-state index contributed by atoms with van der Waals surface area (Å²) in [6, 6.07) is -0.222. The molecule has 0 saturated carbocycles. The van der Waals surface area contributed by atoms with E-state index < -0.39 is 15.4 Å². The second kappa shape index (κ2) is 10.6. The number of halogens is 1. The number of hydrogen-bond donors (Lipinski definition) is 3. The molecular formula is C17H32IN5O5S. The highest BCUT2D eigenvalue weighted by molar-refractivity contribution is 14.0. The Hall–Kier alpha value is -1.31. The minimum absolute atomic E-state index is 0. The van der Waals surface area contributed by atoms with E-state index in [2.05, 4.69) is 20.9 Å². The second-order valence-corrected chi connectivity index (χ2v) is 10.4. The van der Waals surface area contributed by atoms with Gasteiger partial charge >= 0.3 is 6.09 Å². The quantitative estimate of drug-likeness (QED) is 0.254. The van der Waals surface area contributed by atoms with E-state index in [-0.39, 0.29) is 66.0 Å². The first-order chi connectivity index (χ1) is 13.0. The van der Waals surface area contributed by atoms with Crippen LogP contribution >= 0.6 is 24.0 Å². The molecule has 2 amide bonds. The Morgan fingerprint density at radius 3 is 2.34 bits per heavy atom. The maximum absolute atomic E-state index is 11.9. The minimum atomic E-state index is -3.01. The lowest BCUT2D eigenvalue weighted by Gasteiger charge is -2.40. The molecule has 3 N–H and O–H groups in total. The van der Waals surface area contributed by atoms with Gasteiger partial charge in [0.2, 0.25) is 5.91 Å². The average Bonchev–Trinajstić information content (AvgIpc) is 2.85. The largest absolute Gasteiger partial charge is 0.444 e. The van der Waals surface area contributed by atoms with Gasteiger partial charge in [0.25, 0.3) is 0 Å². The fourth-order valence-corrected chi connectivity index (χ4v) is 4.61. The lowest BCUT2D eigenvalue weighted by atomic mass is 10.1. The number of carbonyl (C=O) groups is 2. The summed E-state index contributed by atoms with van der Waals surface area (Å²) in [5.74, 6) is 0.509. The molecule has 2 aliphatic rings. The molecule has 2 fully saturated rings. The molecule has 1 unspecified atom stereocenters. The number of carbonyl (C=O) groups excluding carboxylic acids is 2. The van der Waals surface area contributed by atoms with E-state index in [0.717, 1.165) is 0 Å². The molecule has 0 aliphatic carbocycles. The number of rotatable bonds is 5. The predicted molar refractivity (Wildman–Crippen MR) is 121 cm³/mol. The molecule has 0 spiro atoms. The third-order valence-corrected chi connectivity index (χ3v) is 6.11. The Bertz CT molecular complexity index is 716. The first kappa shape index (κ1) is 25.7. The lowest BCUT2D eigenvalue weighted by Crippen LogP contribution is -2.63. The normalized spacial score (nSPS) is 21.6. The maximum Gasteiger partial charge on any atom is 0.410 e. The molecule has 0 aromatic heterocycles. The van der Waals surface area contributed by atoms with Crippen LogP contribution in [0.1, 0.15) is 33.6 Å². The lowest BCUT2D eigenvalue weighted by molar-refractivity contribution is -0.121. The van der Waals surface area contributed by atoms with E-state index in [4.69, 9.17) is 4.74 Å². The fraction of sp³-hybridized carbons (Fsp3) is 0.824. The molecule has 2 aliphatic heterocycles. The molecular weight excluding hydrogens is 513 g/mol. The number of hydrogen-bond acceptors (Lipinski definition) is 6. The number of nitrogens with zero attached hydrogens (tertiary/aromatic N) is 2. The molecule has 10 nitrogen and oxygen atoms in total. The zero-order valence-electron chi connectivity index (χ0n) is 17.4. The molecule has 0 bridgehead atoms. The topological polar surface area (TPSA) is 129 Å². The van der Waals surface area contributed by atoms with E-state index in [1.165, 1.54) is 0 Å². The number of nitrogens with one attached hydrogen (secondary N) is 3.